The highest BCUT2D eigenvalue weighted by molar-refractivity contribution is 8.00. The molecule has 1 unspecified atom stereocenters. The number of nitrogens with zero attached hydrogens (tertiary/aromatic N) is 4. The summed E-state index contributed by atoms with van der Waals surface area (Å²) in [4.78, 5) is 11.9. The van der Waals surface area contributed by atoms with Crippen LogP contribution < -0.4 is 9.62 Å². The molecule has 1 aromatic heterocycles. The van der Waals surface area contributed by atoms with Crippen LogP contribution in [0.5, 0.6) is 0 Å². The number of hydrogen-bond acceptors (Lipinski definition) is 6. The molecule has 2 aromatic rings. The summed E-state index contributed by atoms with van der Waals surface area (Å²) in [5, 5.41) is 0. The van der Waals surface area contributed by atoms with E-state index in [1.54, 1.807) is 12.3 Å². The van der Waals surface area contributed by atoms with E-state index in [1.807, 2.05) is 19.0 Å². The monoisotopic (exact) mass is 365 g/mol. The zero-order valence-electron chi connectivity index (χ0n) is 14.2. The summed E-state index contributed by atoms with van der Waals surface area (Å²) in [5.74, 6) is -0.658. The van der Waals surface area contributed by atoms with Crippen molar-refractivity contribution in [2.45, 2.75) is 23.8 Å². The summed E-state index contributed by atoms with van der Waals surface area (Å²) in [6.45, 7) is 1.59. The van der Waals surface area contributed by atoms with E-state index < -0.39 is 11.6 Å². The third-order valence-corrected chi connectivity index (χ3v) is 5.22. The summed E-state index contributed by atoms with van der Waals surface area (Å²) in [7, 11) is 4.07. The van der Waals surface area contributed by atoms with Crippen molar-refractivity contribution in [2.24, 2.45) is 0 Å². The number of likely N-dealkylation sites (N-methyl/N-ethyl adjacent to an activating group) is 1. The van der Waals surface area contributed by atoms with Crippen molar-refractivity contribution in [3.63, 3.8) is 0 Å². The van der Waals surface area contributed by atoms with E-state index in [9.17, 15) is 8.78 Å². The Hall–Kier alpha value is -1.93. The zero-order valence-corrected chi connectivity index (χ0v) is 15.1. The highest BCUT2D eigenvalue weighted by Gasteiger charge is 2.23. The Labute approximate surface area is 150 Å². The van der Waals surface area contributed by atoms with Crippen LogP contribution in [0.15, 0.2) is 35.6 Å². The minimum Gasteiger partial charge on any atom is -0.370 e. The molecule has 0 bridgehead atoms. The number of halogens is 2. The molecule has 5 nitrogen and oxygen atoms in total. The molecule has 1 N–H and O–H groups in total. The van der Waals surface area contributed by atoms with Gasteiger partial charge in [-0.15, -0.1) is 0 Å². The van der Waals surface area contributed by atoms with Crippen LogP contribution in [0.2, 0.25) is 0 Å². The van der Waals surface area contributed by atoms with Gasteiger partial charge in [0, 0.05) is 31.0 Å². The average molecular weight is 365 g/mol. The molecule has 1 saturated heterocycles. The Morgan fingerprint density at radius 2 is 2.04 bits per heavy atom. The van der Waals surface area contributed by atoms with Crippen LogP contribution in [-0.2, 0) is 0 Å². The van der Waals surface area contributed by atoms with Crippen LogP contribution in [0, 0.1) is 11.6 Å². The van der Waals surface area contributed by atoms with Crippen LogP contribution in [0.4, 0.5) is 20.3 Å². The van der Waals surface area contributed by atoms with E-state index in [2.05, 4.69) is 19.6 Å². The van der Waals surface area contributed by atoms with Gasteiger partial charge in [0.1, 0.15) is 28.7 Å². The first-order chi connectivity index (χ1) is 12.0. The van der Waals surface area contributed by atoms with Crippen molar-refractivity contribution in [3.05, 3.63) is 42.4 Å². The van der Waals surface area contributed by atoms with Crippen molar-refractivity contribution in [3.8, 4) is 0 Å². The maximum Gasteiger partial charge on any atom is 0.143 e. The summed E-state index contributed by atoms with van der Waals surface area (Å²) >= 11 is 0.871. The van der Waals surface area contributed by atoms with Gasteiger partial charge in [-0.2, -0.15) is 0 Å². The van der Waals surface area contributed by atoms with Crippen molar-refractivity contribution >= 4 is 23.5 Å². The van der Waals surface area contributed by atoms with E-state index in [4.69, 9.17) is 0 Å². The Kier molecular flexibility index (Phi) is 5.70. The number of rotatable bonds is 5. The Balaban J connectivity index is 1.73. The molecule has 1 aliphatic rings. The molecule has 8 heteroatoms. The number of benzene rings is 1. The third kappa shape index (κ3) is 4.38. The van der Waals surface area contributed by atoms with Crippen molar-refractivity contribution in [2.75, 3.05) is 36.8 Å². The molecule has 1 aliphatic heterocycles. The molecule has 1 atom stereocenters. The number of anilines is 2. The van der Waals surface area contributed by atoms with E-state index in [-0.39, 0.29) is 4.90 Å². The normalized spacial score (nSPS) is 17.8. The molecule has 1 aromatic carbocycles. The van der Waals surface area contributed by atoms with Gasteiger partial charge in [0.25, 0.3) is 0 Å². The molecule has 0 amide bonds. The van der Waals surface area contributed by atoms with Gasteiger partial charge in [0.05, 0.1) is 0 Å². The molecule has 0 saturated carbocycles. The fourth-order valence-electron chi connectivity index (χ4n) is 2.89. The maximum atomic E-state index is 14.5. The molecule has 2 heterocycles. The summed E-state index contributed by atoms with van der Waals surface area (Å²) in [6, 6.07) is 4.84. The van der Waals surface area contributed by atoms with Gasteiger partial charge >= 0.3 is 0 Å². The van der Waals surface area contributed by atoms with Gasteiger partial charge in [-0.1, -0.05) is 0 Å². The standard InChI is InChI=1S/C17H21F2N5S/c1-23(2)12-4-3-7-24(10-12)13-8-14(18)17(15(19)9-13)25-22-16-5-6-20-11-21-16/h5-6,8-9,11-12H,3-4,7,10H2,1-2H3,(H,20,21,22). The molecular formula is C17H21F2N5S. The fourth-order valence-corrected chi connectivity index (χ4v) is 3.53. The molecule has 25 heavy (non-hydrogen) atoms. The fraction of sp³-hybridized carbons (Fsp3) is 0.412. The van der Waals surface area contributed by atoms with Gasteiger partial charge in [0.15, 0.2) is 0 Å². The van der Waals surface area contributed by atoms with E-state index in [0.717, 1.165) is 37.9 Å². The first-order valence-electron chi connectivity index (χ1n) is 8.14. The van der Waals surface area contributed by atoms with Crippen LogP contribution in [0.1, 0.15) is 12.8 Å². The van der Waals surface area contributed by atoms with Crippen LogP contribution in [-0.4, -0.2) is 48.1 Å². The first-order valence-corrected chi connectivity index (χ1v) is 8.95. The quantitative estimate of drug-likeness (QED) is 0.820. The van der Waals surface area contributed by atoms with Gasteiger partial charge in [-0.05, 0) is 57.1 Å². The highest BCUT2D eigenvalue weighted by atomic mass is 32.2. The first kappa shape index (κ1) is 17.9. The third-order valence-electron chi connectivity index (χ3n) is 4.31. The number of piperidine rings is 1. The van der Waals surface area contributed by atoms with E-state index >= 15 is 0 Å². The van der Waals surface area contributed by atoms with Crippen LogP contribution in [0.25, 0.3) is 0 Å². The summed E-state index contributed by atoms with van der Waals surface area (Å²) < 4.78 is 31.7. The molecule has 0 spiro atoms. The second kappa shape index (κ2) is 7.97. The second-order valence-electron chi connectivity index (χ2n) is 6.24. The number of hydrogen-bond donors (Lipinski definition) is 1. The number of nitrogens with one attached hydrogen (secondary N) is 1. The predicted molar refractivity (Wildman–Crippen MR) is 96.8 cm³/mol. The lowest BCUT2D eigenvalue weighted by Crippen LogP contribution is -2.45. The second-order valence-corrected chi connectivity index (χ2v) is 7.06. The molecule has 3 rings (SSSR count). The van der Waals surface area contributed by atoms with Gasteiger partial charge < -0.3 is 14.5 Å². The predicted octanol–water partition coefficient (Wildman–Crippen LogP) is 3.40. The van der Waals surface area contributed by atoms with Crippen molar-refractivity contribution < 1.29 is 8.78 Å². The van der Waals surface area contributed by atoms with Crippen molar-refractivity contribution in [1.29, 1.82) is 0 Å². The lowest BCUT2D eigenvalue weighted by molar-refractivity contribution is 0.258. The summed E-state index contributed by atoms with van der Waals surface area (Å²) in [6.07, 6.45) is 5.04. The maximum absolute atomic E-state index is 14.5. The Morgan fingerprint density at radius 1 is 1.28 bits per heavy atom. The van der Waals surface area contributed by atoms with Crippen molar-refractivity contribution in [1.82, 2.24) is 14.9 Å². The zero-order chi connectivity index (χ0) is 17.8. The summed E-state index contributed by atoms with van der Waals surface area (Å²) in [5.41, 5.74) is 0.591. The molecule has 1 fully saturated rings. The molecule has 0 radical (unpaired) electrons. The Morgan fingerprint density at radius 3 is 2.68 bits per heavy atom. The highest BCUT2D eigenvalue weighted by Crippen LogP contribution is 2.31. The van der Waals surface area contributed by atoms with Gasteiger partial charge in [0.2, 0.25) is 0 Å². The molecule has 134 valence electrons. The van der Waals surface area contributed by atoms with E-state index in [1.165, 1.54) is 18.5 Å². The molecule has 0 aliphatic carbocycles. The average Bonchev–Trinajstić information content (AvgIpc) is 2.62. The molecular weight excluding hydrogens is 344 g/mol. The SMILES string of the molecule is CN(C)C1CCCN(c2cc(F)c(SNc3ccncn3)c(F)c2)C1. The largest absolute Gasteiger partial charge is 0.370 e. The van der Waals surface area contributed by atoms with E-state index in [0.29, 0.717) is 17.5 Å². The topological polar surface area (TPSA) is 44.3 Å². The minimum atomic E-state index is -0.575. The number of aromatic nitrogens is 2. The van der Waals surface area contributed by atoms with Gasteiger partial charge in [-0.25, -0.2) is 18.7 Å². The Bertz CT molecular complexity index is 690. The van der Waals surface area contributed by atoms with Gasteiger partial charge in [-0.3, -0.25) is 0 Å². The lowest BCUT2D eigenvalue weighted by Gasteiger charge is -2.37. The van der Waals surface area contributed by atoms with Crippen LogP contribution >= 0.6 is 11.9 Å². The lowest BCUT2D eigenvalue weighted by atomic mass is 10.0. The smallest absolute Gasteiger partial charge is 0.143 e. The van der Waals surface area contributed by atoms with Crippen LogP contribution in [0.3, 0.4) is 0 Å². The minimum absolute atomic E-state index is 0.0662.